The van der Waals surface area contributed by atoms with Crippen LogP contribution in [0.4, 0.5) is 0 Å². The topological polar surface area (TPSA) is 12.0 Å². The molecule has 0 radical (unpaired) electrons. The molecule has 0 spiro atoms. The molecule has 2 aromatic rings. The van der Waals surface area contributed by atoms with E-state index in [1.165, 1.54) is 27.8 Å². The van der Waals surface area contributed by atoms with Gasteiger partial charge in [0.05, 0.1) is 5.02 Å². The van der Waals surface area contributed by atoms with Crippen molar-refractivity contribution in [1.29, 1.82) is 0 Å². The summed E-state index contributed by atoms with van der Waals surface area (Å²) < 4.78 is 1.29. The third kappa shape index (κ3) is 2.54. The zero-order valence-corrected chi connectivity index (χ0v) is 13.1. The molecule has 1 aromatic carbocycles. The van der Waals surface area contributed by atoms with Crippen molar-refractivity contribution in [1.82, 2.24) is 5.32 Å². The summed E-state index contributed by atoms with van der Waals surface area (Å²) in [6, 6.07) is 8.38. The minimum atomic E-state index is 0.559. The van der Waals surface area contributed by atoms with Gasteiger partial charge in [-0.15, -0.1) is 11.3 Å². The summed E-state index contributed by atoms with van der Waals surface area (Å²) in [5, 5.41) is 5.74. The third-order valence-corrected chi connectivity index (χ3v) is 6.20. The van der Waals surface area contributed by atoms with Crippen LogP contribution in [-0.4, -0.2) is 6.54 Å². The highest BCUT2D eigenvalue weighted by molar-refractivity contribution is 7.19. The Balaban J connectivity index is 1.67. The smallest absolute Gasteiger partial charge is 0.0636 e. The van der Waals surface area contributed by atoms with E-state index in [4.69, 9.17) is 11.6 Å². The van der Waals surface area contributed by atoms with Crippen LogP contribution < -0.4 is 5.32 Å². The number of benzene rings is 1. The lowest BCUT2D eigenvalue weighted by atomic mass is 9.92. The summed E-state index contributed by atoms with van der Waals surface area (Å²) in [4.78, 5) is 1.27. The van der Waals surface area contributed by atoms with Gasteiger partial charge in [0.2, 0.25) is 0 Å². The van der Waals surface area contributed by atoms with Crippen molar-refractivity contribution in [3.8, 4) is 0 Å². The van der Waals surface area contributed by atoms with Crippen molar-refractivity contribution in [3.05, 3.63) is 34.2 Å². The highest BCUT2D eigenvalue weighted by Crippen LogP contribution is 2.51. The zero-order valence-electron chi connectivity index (χ0n) is 11.5. The van der Waals surface area contributed by atoms with Crippen molar-refractivity contribution < 1.29 is 0 Å². The molecule has 19 heavy (non-hydrogen) atoms. The first kappa shape index (κ1) is 13.4. The largest absolute Gasteiger partial charge is 0.311 e. The number of thiophene rings is 1. The molecule has 1 fully saturated rings. The molecule has 102 valence electrons. The monoisotopic (exact) mass is 293 g/mol. The van der Waals surface area contributed by atoms with Gasteiger partial charge >= 0.3 is 0 Å². The lowest BCUT2D eigenvalue weighted by Crippen LogP contribution is -2.27. The predicted molar refractivity (Wildman–Crippen MR) is 85.0 cm³/mol. The highest BCUT2D eigenvalue weighted by Gasteiger charge is 2.44. The van der Waals surface area contributed by atoms with Crippen LogP contribution in [-0.2, 0) is 6.54 Å². The van der Waals surface area contributed by atoms with Gasteiger partial charge in [-0.3, -0.25) is 0 Å². The van der Waals surface area contributed by atoms with E-state index in [1.54, 1.807) is 0 Å². The van der Waals surface area contributed by atoms with E-state index >= 15 is 0 Å². The van der Waals surface area contributed by atoms with Crippen LogP contribution in [0.15, 0.2) is 24.3 Å². The molecule has 0 amide bonds. The molecule has 1 N–H and O–H groups in total. The fourth-order valence-corrected chi connectivity index (χ4v) is 4.19. The van der Waals surface area contributed by atoms with Crippen molar-refractivity contribution >= 4 is 33.0 Å². The average molecular weight is 294 g/mol. The van der Waals surface area contributed by atoms with Crippen LogP contribution in [0, 0.1) is 11.3 Å². The van der Waals surface area contributed by atoms with Gasteiger partial charge in [-0.05, 0) is 30.2 Å². The molecule has 0 atom stereocenters. The first-order chi connectivity index (χ1) is 9.12. The van der Waals surface area contributed by atoms with Gasteiger partial charge in [0, 0.05) is 28.1 Å². The van der Waals surface area contributed by atoms with E-state index in [9.17, 15) is 0 Å². The van der Waals surface area contributed by atoms with Gasteiger partial charge in [0.15, 0.2) is 0 Å². The molecule has 0 bridgehead atoms. The Labute approximate surface area is 124 Å². The van der Waals surface area contributed by atoms with Crippen molar-refractivity contribution in [2.45, 2.75) is 33.2 Å². The van der Waals surface area contributed by atoms with Gasteiger partial charge in [-0.2, -0.15) is 0 Å². The van der Waals surface area contributed by atoms with Gasteiger partial charge < -0.3 is 5.32 Å². The number of nitrogens with one attached hydrogen (secondary N) is 1. The van der Waals surface area contributed by atoms with E-state index in [0.717, 1.165) is 24.0 Å². The molecular weight excluding hydrogens is 274 g/mol. The Morgan fingerprint density at radius 1 is 1.32 bits per heavy atom. The molecule has 1 heterocycles. The van der Waals surface area contributed by atoms with Gasteiger partial charge in [-0.25, -0.2) is 0 Å². The van der Waals surface area contributed by atoms with E-state index in [-0.39, 0.29) is 0 Å². The van der Waals surface area contributed by atoms with Crippen LogP contribution in [0.2, 0.25) is 5.02 Å². The van der Waals surface area contributed by atoms with Crippen LogP contribution >= 0.6 is 22.9 Å². The number of fused-ring (bicyclic) bond motifs is 1. The fraction of sp³-hybridized carbons (Fsp3) is 0.500. The predicted octanol–water partition coefficient (Wildman–Crippen LogP) is 5.08. The molecule has 0 saturated heterocycles. The second-order valence-corrected chi connectivity index (χ2v) is 7.47. The Hall–Kier alpha value is -0.570. The van der Waals surface area contributed by atoms with E-state index in [1.807, 2.05) is 11.3 Å². The Bertz CT molecular complexity index is 583. The molecule has 0 aliphatic heterocycles. The zero-order chi connectivity index (χ0) is 13.5. The Morgan fingerprint density at radius 2 is 2.05 bits per heavy atom. The van der Waals surface area contributed by atoms with Gasteiger partial charge in [0.25, 0.3) is 0 Å². The lowest BCUT2D eigenvalue weighted by molar-refractivity contribution is 0.338. The molecule has 1 aromatic heterocycles. The maximum atomic E-state index is 6.46. The molecule has 3 heteroatoms. The summed E-state index contributed by atoms with van der Waals surface area (Å²) in [7, 11) is 0. The van der Waals surface area contributed by atoms with Crippen molar-refractivity contribution in [2.24, 2.45) is 11.3 Å². The van der Waals surface area contributed by atoms with E-state index in [0.29, 0.717) is 5.41 Å². The maximum Gasteiger partial charge on any atom is 0.0636 e. The van der Waals surface area contributed by atoms with Crippen LogP contribution in [0.25, 0.3) is 10.1 Å². The summed E-state index contributed by atoms with van der Waals surface area (Å²) >= 11 is 8.26. The second-order valence-electron chi connectivity index (χ2n) is 5.96. The molecule has 1 aliphatic rings. The van der Waals surface area contributed by atoms with Gasteiger partial charge in [0.1, 0.15) is 0 Å². The van der Waals surface area contributed by atoms with E-state index < -0.39 is 0 Å². The molecular formula is C16H20ClNS. The lowest BCUT2D eigenvalue weighted by Gasteiger charge is -2.19. The summed E-state index contributed by atoms with van der Waals surface area (Å²) in [6.45, 7) is 6.68. The summed E-state index contributed by atoms with van der Waals surface area (Å²) in [5.41, 5.74) is 0.559. The van der Waals surface area contributed by atoms with Crippen LogP contribution in [0.1, 0.15) is 31.6 Å². The SMILES string of the molecule is CC(C)C1(CNCc2sc3ccccc3c2Cl)CC1. The standard InChI is InChI=1S/C16H20ClNS/c1-11(2)16(7-8-16)10-18-9-14-15(17)12-5-3-4-6-13(12)19-14/h3-6,11,18H,7-10H2,1-2H3. The maximum absolute atomic E-state index is 6.46. The third-order valence-electron chi connectivity index (χ3n) is 4.48. The number of rotatable bonds is 5. The fourth-order valence-electron chi connectivity index (χ4n) is 2.72. The minimum absolute atomic E-state index is 0.559. The molecule has 0 unspecified atom stereocenters. The molecule has 3 rings (SSSR count). The van der Waals surface area contributed by atoms with Crippen LogP contribution in [0.3, 0.4) is 0 Å². The van der Waals surface area contributed by atoms with Crippen molar-refractivity contribution in [3.63, 3.8) is 0 Å². The first-order valence-electron chi connectivity index (χ1n) is 6.99. The first-order valence-corrected chi connectivity index (χ1v) is 8.18. The Kier molecular flexibility index (Phi) is 3.59. The molecule has 1 aliphatic carbocycles. The number of halogens is 1. The minimum Gasteiger partial charge on any atom is -0.311 e. The highest BCUT2D eigenvalue weighted by atomic mass is 35.5. The quantitative estimate of drug-likeness (QED) is 0.810. The second kappa shape index (κ2) is 5.08. The molecule has 1 nitrogen and oxygen atoms in total. The number of hydrogen-bond donors (Lipinski definition) is 1. The average Bonchev–Trinajstić information content (AvgIpc) is 3.12. The summed E-state index contributed by atoms with van der Waals surface area (Å²) in [5.74, 6) is 0.776. The van der Waals surface area contributed by atoms with Crippen molar-refractivity contribution in [2.75, 3.05) is 6.54 Å². The normalized spacial score (nSPS) is 17.3. The van der Waals surface area contributed by atoms with E-state index in [2.05, 4.69) is 43.4 Å². The van der Waals surface area contributed by atoms with Gasteiger partial charge in [-0.1, -0.05) is 43.6 Å². The Morgan fingerprint density at radius 3 is 2.68 bits per heavy atom. The summed E-state index contributed by atoms with van der Waals surface area (Å²) in [6.07, 6.45) is 2.75. The van der Waals surface area contributed by atoms with Crippen LogP contribution in [0.5, 0.6) is 0 Å². The number of hydrogen-bond acceptors (Lipinski definition) is 2. The molecule has 1 saturated carbocycles.